The zero-order valence-corrected chi connectivity index (χ0v) is 24.3. The topological polar surface area (TPSA) is 72.9 Å². The molecule has 10 heteroatoms. The van der Waals surface area contributed by atoms with Crippen LogP contribution in [0.1, 0.15) is 30.4 Å². The standard InChI is InChI=1S/C29H34BrN3O.C2HF3O2/c30-27-12-14-28(15-13-27)31-29(34)33(23-26-10-5-2-6-11-26)19-7-18-32-20-16-25(17-21-32)22-24-8-3-1-4-9-24;3-2(4,5)1(6)7/h1-6,8-15,25H,7,16-23H2,(H,31,34);(H,6,7). The van der Waals surface area contributed by atoms with E-state index in [4.69, 9.17) is 9.90 Å². The maximum absolute atomic E-state index is 13.1. The number of carboxylic acid groups (broad SMARTS) is 1. The maximum Gasteiger partial charge on any atom is 0.490 e. The number of hydrogen-bond donors (Lipinski definition) is 2. The Morgan fingerprint density at radius 2 is 1.44 bits per heavy atom. The third-order valence-corrected chi connectivity index (χ3v) is 7.35. The van der Waals surface area contributed by atoms with E-state index in [1.165, 1.54) is 24.8 Å². The second kappa shape index (κ2) is 16.2. The van der Waals surface area contributed by atoms with Gasteiger partial charge in [0.15, 0.2) is 0 Å². The maximum atomic E-state index is 13.1. The van der Waals surface area contributed by atoms with Gasteiger partial charge < -0.3 is 20.2 Å². The van der Waals surface area contributed by atoms with Crippen LogP contribution in [0.25, 0.3) is 0 Å². The molecule has 0 aliphatic carbocycles. The molecular weight excluding hydrogens is 599 g/mol. The number of anilines is 1. The first-order valence-electron chi connectivity index (χ1n) is 13.5. The second-order valence-corrected chi connectivity index (χ2v) is 10.9. The molecule has 0 radical (unpaired) electrons. The Bertz CT molecular complexity index is 1200. The van der Waals surface area contributed by atoms with Crippen molar-refractivity contribution >= 4 is 33.6 Å². The van der Waals surface area contributed by atoms with Crippen LogP contribution in [-0.2, 0) is 17.8 Å². The Balaban J connectivity index is 0.000000587. The van der Waals surface area contributed by atoms with Crippen molar-refractivity contribution in [3.05, 3.63) is 101 Å². The number of carboxylic acids is 1. The quantitative estimate of drug-likeness (QED) is 0.256. The van der Waals surface area contributed by atoms with E-state index in [9.17, 15) is 18.0 Å². The monoisotopic (exact) mass is 633 g/mol. The Kier molecular flexibility index (Phi) is 12.7. The van der Waals surface area contributed by atoms with Crippen molar-refractivity contribution < 1.29 is 27.9 Å². The van der Waals surface area contributed by atoms with E-state index in [0.29, 0.717) is 6.54 Å². The molecule has 0 unspecified atom stereocenters. The van der Waals surface area contributed by atoms with Crippen molar-refractivity contribution in [2.45, 2.75) is 38.4 Å². The third kappa shape index (κ3) is 11.9. The van der Waals surface area contributed by atoms with Gasteiger partial charge >= 0.3 is 18.2 Å². The van der Waals surface area contributed by atoms with Crippen LogP contribution in [0.3, 0.4) is 0 Å². The summed E-state index contributed by atoms with van der Waals surface area (Å²) in [4.78, 5) is 26.5. The summed E-state index contributed by atoms with van der Waals surface area (Å²) in [5, 5.41) is 10.2. The number of hydrogen-bond acceptors (Lipinski definition) is 3. The first-order valence-corrected chi connectivity index (χ1v) is 14.3. The van der Waals surface area contributed by atoms with Gasteiger partial charge in [0, 0.05) is 23.2 Å². The lowest BCUT2D eigenvalue weighted by Crippen LogP contribution is -2.39. The van der Waals surface area contributed by atoms with Crippen LogP contribution in [0.4, 0.5) is 23.7 Å². The van der Waals surface area contributed by atoms with Crippen LogP contribution in [0.5, 0.6) is 0 Å². The van der Waals surface area contributed by atoms with E-state index in [1.807, 2.05) is 47.4 Å². The molecule has 0 spiro atoms. The molecule has 3 aromatic carbocycles. The summed E-state index contributed by atoms with van der Waals surface area (Å²) in [6.07, 6.45) is -0.404. The number of urea groups is 1. The first kappa shape index (κ1) is 32.1. The molecule has 1 fully saturated rings. The second-order valence-electron chi connectivity index (χ2n) is 9.98. The van der Waals surface area contributed by atoms with Crippen molar-refractivity contribution in [1.82, 2.24) is 9.80 Å². The van der Waals surface area contributed by atoms with Gasteiger partial charge in [0.05, 0.1) is 0 Å². The van der Waals surface area contributed by atoms with Crippen LogP contribution >= 0.6 is 15.9 Å². The number of likely N-dealkylation sites (tertiary alicyclic amines) is 1. The Labute approximate surface area is 247 Å². The predicted molar refractivity (Wildman–Crippen MR) is 158 cm³/mol. The normalized spacial score (nSPS) is 14.0. The zero-order valence-electron chi connectivity index (χ0n) is 22.7. The average Bonchev–Trinajstić information content (AvgIpc) is 2.95. The van der Waals surface area contributed by atoms with Gasteiger partial charge in [-0.05, 0) is 86.6 Å². The number of benzene rings is 3. The zero-order chi connectivity index (χ0) is 29.7. The molecule has 41 heavy (non-hydrogen) atoms. The Morgan fingerprint density at radius 3 is 1.98 bits per heavy atom. The molecule has 0 aromatic heterocycles. The number of aliphatic carboxylic acids is 1. The molecule has 2 N–H and O–H groups in total. The van der Waals surface area contributed by atoms with E-state index < -0.39 is 12.1 Å². The van der Waals surface area contributed by atoms with Crippen molar-refractivity contribution in [3.8, 4) is 0 Å². The van der Waals surface area contributed by atoms with E-state index in [1.54, 1.807) is 0 Å². The minimum Gasteiger partial charge on any atom is -0.475 e. The molecule has 220 valence electrons. The summed E-state index contributed by atoms with van der Waals surface area (Å²) in [7, 11) is 0. The highest BCUT2D eigenvalue weighted by molar-refractivity contribution is 9.10. The molecule has 0 bridgehead atoms. The van der Waals surface area contributed by atoms with Crippen LogP contribution in [0.15, 0.2) is 89.4 Å². The van der Waals surface area contributed by atoms with E-state index >= 15 is 0 Å². The number of piperidine rings is 1. The van der Waals surface area contributed by atoms with Crippen molar-refractivity contribution in [2.24, 2.45) is 5.92 Å². The molecule has 1 heterocycles. The van der Waals surface area contributed by atoms with Crippen LogP contribution in [0, 0.1) is 5.92 Å². The molecule has 4 rings (SSSR count). The van der Waals surface area contributed by atoms with Gasteiger partial charge in [0.2, 0.25) is 0 Å². The molecule has 3 aromatic rings. The number of halogens is 4. The predicted octanol–water partition coefficient (Wildman–Crippen LogP) is 7.46. The average molecular weight is 635 g/mol. The number of amides is 2. The molecular formula is C31H35BrF3N3O3. The molecule has 0 atom stereocenters. The molecule has 0 saturated carbocycles. The summed E-state index contributed by atoms with van der Waals surface area (Å²) in [6, 6.07) is 28.8. The lowest BCUT2D eigenvalue weighted by molar-refractivity contribution is -0.192. The fourth-order valence-electron chi connectivity index (χ4n) is 4.64. The summed E-state index contributed by atoms with van der Waals surface area (Å²) in [5.74, 6) is -1.97. The van der Waals surface area contributed by atoms with Gasteiger partial charge in [-0.15, -0.1) is 0 Å². The largest absolute Gasteiger partial charge is 0.490 e. The minimum atomic E-state index is -5.08. The van der Waals surface area contributed by atoms with Crippen LogP contribution in [0.2, 0.25) is 0 Å². The van der Waals surface area contributed by atoms with Crippen molar-refractivity contribution in [1.29, 1.82) is 0 Å². The summed E-state index contributed by atoms with van der Waals surface area (Å²) in [6.45, 7) is 4.70. The van der Waals surface area contributed by atoms with Gasteiger partial charge in [-0.25, -0.2) is 9.59 Å². The Hall–Kier alpha value is -3.37. The fraction of sp³-hybridized carbons (Fsp3) is 0.355. The molecule has 6 nitrogen and oxygen atoms in total. The van der Waals surface area contributed by atoms with Gasteiger partial charge in [-0.2, -0.15) is 13.2 Å². The molecule has 1 aliphatic rings. The molecule has 1 aliphatic heterocycles. The number of rotatable bonds is 9. The van der Waals surface area contributed by atoms with Gasteiger partial charge in [0.1, 0.15) is 0 Å². The third-order valence-electron chi connectivity index (χ3n) is 6.82. The van der Waals surface area contributed by atoms with E-state index in [2.05, 4.69) is 68.6 Å². The van der Waals surface area contributed by atoms with Crippen LogP contribution in [-0.4, -0.2) is 59.3 Å². The van der Waals surface area contributed by atoms with Crippen molar-refractivity contribution in [3.63, 3.8) is 0 Å². The van der Waals surface area contributed by atoms with Gasteiger partial charge in [0.25, 0.3) is 0 Å². The number of carbonyl (C=O) groups excluding carboxylic acids is 1. The number of alkyl halides is 3. The fourth-order valence-corrected chi connectivity index (χ4v) is 4.90. The highest BCUT2D eigenvalue weighted by Gasteiger charge is 2.38. The van der Waals surface area contributed by atoms with Crippen molar-refractivity contribution in [2.75, 3.05) is 31.5 Å². The number of nitrogens with zero attached hydrogens (tertiary/aromatic N) is 2. The highest BCUT2D eigenvalue weighted by Crippen LogP contribution is 2.22. The summed E-state index contributed by atoms with van der Waals surface area (Å²) < 4.78 is 32.7. The van der Waals surface area contributed by atoms with E-state index in [-0.39, 0.29) is 6.03 Å². The minimum absolute atomic E-state index is 0.0484. The Morgan fingerprint density at radius 1 is 0.902 bits per heavy atom. The molecule has 2 amide bonds. The highest BCUT2D eigenvalue weighted by atomic mass is 79.9. The van der Waals surface area contributed by atoms with Crippen LogP contribution < -0.4 is 5.32 Å². The number of carbonyl (C=O) groups is 2. The van der Waals surface area contributed by atoms with Gasteiger partial charge in [-0.1, -0.05) is 76.6 Å². The van der Waals surface area contributed by atoms with E-state index in [0.717, 1.165) is 54.2 Å². The lowest BCUT2D eigenvalue weighted by atomic mass is 9.90. The first-order chi connectivity index (χ1) is 19.6. The number of nitrogens with one attached hydrogen (secondary N) is 1. The SMILES string of the molecule is O=C(Nc1ccc(Br)cc1)N(CCCN1CCC(Cc2ccccc2)CC1)Cc1ccccc1.O=C(O)C(F)(F)F. The summed E-state index contributed by atoms with van der Waals surface area (Å²) in [5.41, 5.74) is 3.41. The smallest absolute Gasteiger partial charge is 0.475 e. The molecule has 1 saturated heterocycles. The lowest BCUT2D eigenvalue weighted by Gasteiger charge is -2.32. The summed E-state index contributed by atoms with van der Waals surface area (Å²) >= 11 is 3.45. The van der Waals surface area contributed by atoms with Gasteiger partial charge in [-0.3, -0.25) is 0 Å².